The molecular formula is C24H32Cl2N4O4. The van der Waals surface area contributed by atoms with Crippen LogP contribution in [0.5, 0.6) is 0 Å². The summed E-state index contributed by atoms with van der Waals surface area (Å²) in [6, 6.07) is 4.02. The number of nitrogens with zero attached hydrogens (tertiary/aromatic N) is 3. The Balaban J connectivity index is 1.99. The number of hydrogen-bond donors (Lipinski definition) is 1. The van der Waals surface area contributed by atoms with E-state index in [0.717, 1.165) is 0 Å². The third-order valence-electron chi connectivity index (χ3n) is 6.09. The number of ether oxygens (including phenoxy) is 1. The van der Waals surface area contributed by atoms with Crippen molar-refractivity contribution in [2.24, 2.45) is 5.92 Å². The van der Waals surface area contributed by atoms with Gasteiger partial charge >= 0.3 is 12.0 Å². The van der Waals surface area contributed by atoms with Crippen LogP contribution in [0.2, 0.25) is 10.0 Å². The molecule has 1 aromatic rings. The first kappa shape index (κ1) is 26.3. The van der Waals surface area contributed by atoms with E-state index >= 15 is 0 Å². The molecule has 0 saturated carbocycles. The summed E-state index contributed by atoms with van der Waals surface area (Å²) in [5.74, 6) is -0.426. The summed E-state index contributed by atoms with van der Waals surface area (Å²) in [5, 5.41) is 3.52. The van der Waals surface area contributed by atoms with Crippen LogP contribution in [0.4, 0.5) is 4.79 Å². The van der Waals surface area contributed by atoms with Gasteiger partial charge in [0.05, 0.1) is 28.3 Å². The van der Waals surface area contributed by atoms with Gasteiger partial charge in [-0.15, -0.1) is 0 Å². The van der Waals surface area contributed by atoms with E-state index in [4.69, 9.17) is 27.9 Å². The summed E-state index contributed by atoms with van der Waals surface area (Å²) in [6.45, 7) is 10.8. The topological polar surface area (TPSA) is 82.2 Å². The number of esters is 1. The zero-order valence-electron chi connectivity index (χ0n) is 20.1. The molecule has 1 aromatic carbocycles. The molecule has 0 spiro atoms. The number of carbonyl (C=O) groups excluding carboxylic acids is 3. The first-order valence-corrected chi connectivity index (χ1v) is 12.4. The molecule has 10 heteroatoms. The summed E-state index contributed by atoms with van der Waals surface area (Å²) in [4.78, 5) is 44.2. The van der Waals surface area contributed by atoms with Crippen molar-refractivity contribution in [2.75, 3.05) is 45.9 Å². The Morgan fingerprint density at radius 1 is 1.15 bits per heavy atom. The molecule has 2 aliphatic heterocycles. The Bertz CT molecular complexity index is 974. The number of halogens is 2. The van der Waals surface area contributed by atoms with Gasteiger partial charge in [-0.3, -0.25) is 14.6 Å². The van der Waals surface area contributed by atoms with Gasteiger partial charge in [-0.05, 0) is 25.5 Å². The maximum atomic E-state index is 13.2. The number of hydrogen-bond acceptors (Lipinski definition) is 5. The lowest BCUT2D eigenvalue weighted by atomic mass is 9.94. The summed E-state index contributed by atoms with van der Waals surface area (Å²) < 4.78 is 5.40. The van der Waals surface area contributed by atoms with Crippen molar-refractivity contribution >= 4 is 41.1 Å². The first-order chi connectivity index (χ1) is 16.2. The molecule has 34 heavy (non-hydrogen) atoms. The van der Waals surface area contributed by atoms with Crippen molar-refractivity contribution in [1.29, 1.82) is 0 Å². The Hall–Kier alpha value is -2.29. The molecule has 0 radical (unpaired) electrons. The highest BCUT2D eigenvalue weighted by molar-refractivity contribution is 6.42. The van der Waals surface area contributed by atoms with Crippen molar-refractivity contribution in [3.8, 4) is 0 Å². The molecular weight excluding hydrogens is 479 g/mol. The minimum atomic E-state index is -0.792. The van der Waals surface area contributed by atoms with Crippen LogP contribution in [-0.4, -0.2) is 78.5 Å². The van der Waals surface area contributed by atoms with Crippen molar-refractivity contribution < 1.29 is 19.1 Å². The smallest absolute Gasteiger partial charge is 0.338 e. The predicted octanol–water partition coefficient (Wildman–Crippen LogP) is 3.70. The minimum absolute atomic E-state index is 0.0505. The molecule has 186 valence electrons. The second kappa shape index (κ2) is 11.4. The fraction of sp³-hybridized carbons (Fsp3) is 0.542. The van der Waals surface area contributed by atoms with Gasteiger partial charge in [-0.2, -0.15) is 0 Å². The van der Waals surface area contributed by atoms with E-state index < -0.39 is 12.0 Å². The second-order valence-electron chi connectivity index (χ2n) is 8.61. The lowest BCUT2D eigenvalue weighted by Crippen LogP contribution is -2.54. The standard InChI is InChI=1S/C24H32Cl2N4O4/c1-5-30-18(14-28-10-12-29(13-11-28)22(31)15(3)4)19(23(32)34-6-2)21(27-24(30)33)16-8-7-9-17(25)20(16)26/h7-9,15,21H,5-6,10-14H2,1-4H3,(H,27,33)/t21-/m0/s1. The number of urea groups is 1. The summed E-state index contributed by atoms with van der Waals surface area (Å²) in [5.41, 5.74) is 1.45. The van der Waals surface area contributed by atoms with Crippen LogP contribution in [-0.2, 0) is 14.3 Å². The second-order valence-corrected chi connectivity index (χ2v) is 9.39. The van der Waals surface area contributed by atoms with Crippen molar-refractivity contribution in [1.82, 2.24) is 20.0 Å². The van der Waals surface area contributed by atoms with E-state index in [1.165, 1.54) is 0 Å². The number of benzene rings is 1. The van der Waals surface area contributed by atoms with Crippen molar-refractivity contribution in [3.63, 3.8) is 0 Å². The SMILES string of the molecule is CCOC(=O)C1=C(CN2CCN(C(=O)C(C)C)CC2)N(CC)C(=O)N[C@H]1c1cccc(Cl)c1Cl. The van der Waals surface area contributed by atoms with Gasteiger partial charge in [-0.1, -0.05) is 49.2 Å². The van der Waals surface area contributed by atoms with E-state index in [-0.39, 0.29) is 29.5 Å². The van der Waals surface area contributed by atoms with Gasteiger partial charge in [0, 0.05) is 50.9 Å². The van der Waals surface area contributed by atoms with Gasteiger partial charge < -0.3 is 15.0 Å². The Kier molecular flexibility index (Phi) is 8.84. The Labute approximate surface area is 210 Å². The third kappa shape index (κ3) is 5.50. The fourth-order valence-electron chi connectivity index (χ4n) is 4.34. The highest BCUT2D eigenvalue weighted by Gasteiger charge is 2.39. The molecule has 0 aromatic heterocycles. The minimum Gasteiger partial charge on any atom is -0.463 e. The maximum Gasteiger partial charge on any atom is 0.338 e. The molecule has 3 amide bonds. The number of piperazine rings is 1. The monoisotopic (exact) mass is 510 g/mol. The summed E-state index contributed by atoms with van der Waals surface area (Å²) in [7, 11) is 0. The van der Waals surface area contributed by atoms with Crippen LogP contribution in [0.1, 0.15) is 39.3 Å². The normalized spacial score (nSPS) is 19.5. The highest BCUT2D eigenvalue weighted by Crippen LogP contribution is 2.37. The lowest BCUT2D eigenvalue weighted by Gasteiger charge is -2.40. The molecule has 1 atom stereocenters. The van der Waals surface area contributed by atoms with Crippen LogP contribution in [0.15, 0.2) is 29.5 Å². The van der Waals surface area contributed by atoms with Crippen LogP contribution in [0.25, 0.3) is 0 Å². The van der Waals surface area contributed by atoms with E-state index in [2.05, 4.69) is 10.2 Å². The molecule has 2 heterocycles. The van der Waals surface area contributed by atoms with E-state index in [1.54, 1.807) is 30.0 Å². The first-order valence-electron chi connectivity index (χ1n) is 11.6. The van der Waals surface area contributed by atoms with E-state index in [9.17, 15) is 14.4 Å². The number of nitrogens with one attached hydrogen (secondary N) is 1. The molecule has 0 aliphatic carbocycles. The number of likely N-dealkylation sites (N-methyl/N-ethyl adjacent to an activating group) is 1. The van der Waals surface area contributed by atoms with Gasteiger partial charge in [0.1, 0.15) is 0 Å². The van der Waals surface area contributed by atoms with Crippen LogP contribution in [0.3, 0.4) is 0 Å². The average Bonchev–Trinajstić information content (AvgIpc) is 2.80. The van der Waals surface area contributed by atoms with Crippen LogP contribution < -0.4 is 5.32 Å². The van der Waals surface area contributed by atoms with E-state index in [1.807, 2.05) is 25.7 Å². The Morgan fingerprint density at radius 3 is 2.41 bits per heavy atom. The molecule has 1 fully saturated rings. The summed E-state index contributed by atoms with van der Waals surface area (Å²) in [6.07, 6.45) is 0. The quantitative estimate of drug-likeness (QED) is 0.565. The van der Waals surface area contributed by atoms with Crippen molar-refractivity contribution in [2.45, 2.75) is 33.7 Å². The highest BCUT2D eigenvalue weighted by atomic mass is 35.5. The zero-order valence-corrected chi connectivity index (χ0v) is 21.6. The molecule has 2 aliphatic rings. The largest absolute Gasteiger partial charge is 0.463 e. The molecule has 8 nitrogen and oxygen atoms in total. The molecule has 0 bridgehead atoms. The lowest BCUT2D eigenvalue weighted by molar-refractivity contribution is -0.139. The van der Waals surface area contributed by atoms with Crippen LogP contribution >= 0.6 is 23.2 Å². The number of rotatable bonds is 7. The average molecular weight is 511 g/mol. The number of amides is 3. The molecule has 1 saturated heterocycles. The predicted molar refractivity (Wildman–Crippen MR) is 132 cm³/mol. The van der Waals surface area contributed by atoms with Gasteiger partial charge in [0.25, 0.3) is 0 Å². The van der Waals surface area contributed by atoms with Gasteiger partial charge in [0.15, 0.2) is 0 Å². The van der Waals surface area contributed by atoms with Crippen molar-refractivity contribution in [3.05, 3.63) is 45.1 Å². The maximum absolute atomic E-state index is 13.2. The fourth-order valence-corrected chi connectivity index (χ4v) is 4.75. The molecule has 3 rings (SSSR count). The summed E-state index contributed by atoms with van der Waals surface area (Å²) >= 11 is 12.7. The Morgan fingerprint density at radius 2 is 1.82 bits per heavy atom. The third-order valence-corrected chi connectivity index (χ3v) is 6.93. The molecule has 1 N–H and O–H groups in total. The van der Waals surface area contributed by atoms with E-state index in [0.29, 0.717) is 61.1 Å². The number of carbonyl (C=O) groups is 3. The zero-order chi connectivity index (χ0) is 25.0. The van der Waals surface area contributed by atoms with Crippen LogP contribution in [0, 0.1) is 5.92 Å². The van der Waals surface area contributed by atoms with Gasteiger partial charge in [0.2, 0.25) is 5.91 Å². The molecule has 0 unspecified atom stereocenters. The van der Waals surface area contributed by atoms with Gasteiger partial charge in [-0.25, -0.2) is 9.59 Å².